The molecule has 5 fully saturated rings. The summed E-state index contributed by atoms with van der Waals surface area (Å²) in [6, 6.07) is -0.436. The number of nitrogens with zero attached hydrogens (tertiary/aromatic N) is 4. The van der Waals surface area contributed by atoms with Gasteiger partial charge in [0.25, 0.3) is 7.52 Å². The van der Waals surface area contributed by atoms with Gasteiger partial charge in [0.15, 0.2) is 23.2 Å². The number of halogens is 1. The van der Waals surface area contributed by atoms with E-state index in [4.69, 9.17) is 26.1 Å². The lowest BCUT2D eigenvalue weighted by Crippen LogP contribution is -2.63. The van der Waals surface area contributed by atoms with Crippen LogP contribution in [0.2, 0.25) is 5.28 Å². The van der Waals surface area contributed by atoms with Gasteiger partial charge in [-0.1, -0.05) is 6.92 Å². The van der Waals surface area contributed by atoms with Crippen LogP contribution in [0, 0.1) is 17.3 Å². The van der Waals surface area contributed by atoms with Gasteiger partial charge in [-0.2, -0.15) is 9.97 Å². The molecule has 4 aliphatic carbocycles. The van der Waals surface area contributed by atoms with E-state index in [9.17, 15) is 29.0 Å². The van der Waals surface area contributed by atoms with E-state index < -0.39 is 58.1 Å². The maximum atomic E-state index is 13.2. The van der Waals surface area contributed by atoms with Crippen LogP contribution in [0.15, 0.2) is 6.33 Å². The number of hydrogen-bond donors (Lipinski definition) is 8. The number of rotatable bonds is 8. The zero-order valence-electron chi connectivity index (χ0n) is 22.6. The highest BCUT2D eigenvalue weighted by Crippen LogP contribution is 2.61. The zero-order valence-corrected chi connectivity index (χ0v) is 25.2. The normalized spacial score (nSPS) is 37.2. The fourth-order valence-electron chi connectivity index (χ4n) is 8.07. The third-order valence-corrected chi connectivity index (χ3v) is 12.7. The summed E-state index contributed by atoms with van der Waals surface area (Å²) in [6.45, 7) is 1.81. The van der Waals surface area contributed by atoms with E-state index in [0.29, 0.717) is 11.8 Å². The fourth-order valence-corrected chi connectivity index (χ4v) is 11.1. The van der Waals surface area contributed by atoms with E-state index in [1.807, 2.05) is 0 Å². The molecule has 16 nitrogen and oxygen atoms in total. The van der Waals surface area contributed by atoms with E-state index in [0.717, 1.165) is 19.3 Å². The molecule has 0 aromatic carbocycles. The number of hydrogen-bond acceptors (Lipinski definition) is 9. The third kappa shape index (κ3) is 5.99. The molecule has 3 heterocycles. The van der Waals surface area contributed by atoms with E-state index in [1.54, 1.807) is 0 Å². The first-order valence-electron chi connectivity index (χ1n) is 13.7. The van der Waals surface area contributed by atoms with Crippen LogP contribution in [-0.4, -0.2) is 86.7 Å². The quantitative estimate of drug-likeness (QED) is 0.149. The molecule has 0 spiro atoms. The largest absolute Gasteiger partial charge is 0.387 e. The Bertz CT molecular complexity index is 1490. The summed E-state index contributed by atoms with van der Waals surface area (Å²) in [7, 11) is -9.27. The molecule has 9 atom stereocenters. The number of fused-ring (bicyclic) bond motifs is 1. The Morgan fingerprint density at radius 2 is 1.83 bits per heavy atom. The second-order valence-corrected chi connectivity index (χ2v) is 17.2. The summed E-state index contributed by atoms with van der Waals surface area (Å²) < 4.78 is 30.2. The molecule has 5 aliphatic rings. The second-order valence-electron chi connectivity index (χ2n) is 12.7. The highest BCUT2D eigenvalue weighted by atomic mass is 35.5. The first-order chi connectivity index (χ1) is 19.5. The highest BCUT2D eigenvalue weighted by molar-refractivity contribution is 7.71. The number of anilines is 1. The standard InChI is InChI=1S/C23H34ClN7O9P2/c1-22-3-11-2-12(4-22)6-23(5-11,8-22)30-21(34)28-17-14-18(29-20(24)27-17)31(9-25-14)19-16(33)15(32)13(40-19)7-26-41(35,36)10-42(37,38)39/h9,11-13,15-16,19,32-33H,2-8,10H2,1H3,(H2,26,35,36)(H2,37,38,39)(H2,27,28,29,30,34)/t11-,12?,13?,15?,16?,19?,22-,23-/m0/s1. The molecular weight excluding hydrogens is 616 g/mol. The number of imidazole rings is 1. The third-order valence-electron chi connectivity index (χ3n) is 8.89. The van der Waals surface area contributed by atoms with Gasteiger partial charge in [0.1, 0.15) is 24.2 Å². The van der Waals surface area contributed by atoms with E-state index in [2.05, 4.69) is 37.6 Å². The second kappa shape index (κ2) is 10.4. The Balaban J connectivity index is 1.17. The van der Waals surface area contributed by atoms with Crippen LogP contribution < -0.4 is 15.7 Å². The average Bonchev–Trinajstić information content (AvgIpc) is 3.35. The Hall–Kier alpha value is -1.71. The van der Waals surface area contributed by atoms with Crippen molar-refractivity contribution in [3.05, 3.63) is 11.6 Å². The molecule has 1 saturated heterocycles. The maximum absolute atomic E-state index is 13.2. The minimum atomic E-state index is -4.80. The Morgan fingerprint density at radius 3 is 2.48 bits per heavy atom. The van der Waals surface area contributed by atoms with Crippen molar-refractivity contribution in [2.24, 2.45) is 17.3 Å². The zero-order chi connectivity index (χ0) is 30.2. The molecule has 42 heavy (non-hydrogen) atoms. The Kier molecular flexibility index (Phi) is 7.54. The SMILES string of the molecule is C[C@@]12CC3C[C@@H](C1)C[C@](NC(=O)Nc1nc(Cl)nc4c1ncn4C1OC(CNP(=O)(O)CP(=O)(O)O)C(O)C1O)(C3)C2. The molecule has 0 radical (unpaired) electrons. The molecule has 2 aromatic rings. The maximum Gasteiger partial charge on any atom is 0.336 e. The van der Waals surface area contributed by atoms with Gasteiger partial charge in [-0.15, -0.1) is 0 Å². The molecule has 7 rings (SSSR count). The van der Waals surface area contributed by atoms with Crippen molar-refractivity contribution >= 4 is 49.7 Å². The van der Waals surface area contributed by atoms with Gasteiger partial charge in [0.2, 0.25) is 5.28 Å². The molecular formula is C23H34ClN7O9P2. The molecule has 8 N–H and O–H groups in total. The van der Waals surface area contributed by atoms with Crippen LogP contribution >= 0.6 is 26.7 Å². The van der Waals surface area contributed by atoms with Gasteiger partial charge >= 0.3 is 13.6 Å². The summed E-state index contributed by atoms with van der Waals surface area (Å²) in [4.78, 5) is 53.7. The van der Waals surface area contributed by atoms with Gasteiger partial charge in [-0.3, -0.25) is 19.0 Å². The lowest BCUT2D eigenvalue weighted by atomic mass is 9.47. The number of aromatic nitrogens is 4. The van der Waals surface area contributed by atoms with Crippen LogP contribution in [0.25, 0.3) is 11.2 Å². The van der Waals surface area contributed by atoms with Gasteiger partial charge in [0, 0.05) is 12.1 Å². The Morgan fingerprint density at radius 1 is 1.14 bits per heavy atom. The Labute approximate surface area is 245 Å². The van der Waals surface area contributed by atoms with Gasteiger partial charge < -0.3 is 34.9 Å². The lowest BCUT2D eigenvalue weighted by Gasteiger charge is -2.61. The van der Waals surface area contributed by atoms with Gasteiger partial charge in [0.05, 0.1) is 6.33 Å². The number of carbonyl (C=O) groups excluding carboxylic acids is 1. The predicted molar refractivity (Wildman–Crippen MR) is 149 cm³/mol. The minimum absolute atomic E-state index is 0.0436. The summed E-state index contributed by atoms with van der Waals surface area (Å²) in [5, 5.41) is 29.1. The summed E-state index contributed by atoms with van der Waals surface area (Å²) in [6.07, 6.45) is 2.10. The van der Waals surface area contributed by atoms with Crippen molar-refractivity contribution in [2.45, 2.75) is 75.5 Å². The number of amides is 2. The number of ether oxygens (including phenoxy) is 1. The first-order valence-corrected chi connectivity index (χ1v) is 17.7. The number of nitrogens with one attached hydrogen (secondary N) is 3. The van der Waals surface area contributed by atoms with Crippen LogP contribution in [0.4, 0.5) is 10.6 Å². The van der Waals surface area contributed by atoms with Crippen LogP contribution in [-0.2, 0) is 13.9 Å². The molecule has 2 aromatic heterocycles. The van der Waals surface area contributed by atoms with Crippen LogP contribution in [0.5, 0.6) is 0 Å². The monoisotopic (exact) mass is 649 g/mol. The average molecular weight is 650 g/mol. The molecule has 19 heteroatoms. The summed E-state index contributed by atoms with van der Waals surface area (Å²) in [5.41, 5.74) is 0.200. The summed E-state index contributed by atoms with van der Waals surface area (Å²) in [5.74, 6) is -0.0476. The minimum Gasteiger partial charge on any atom is -0.387 e. The molecule has 232 valence electrons. The van der Waals surface area contributed by atoms with E-state index in [1.165, 1.54) is 30.2 Å². The van der Waals surface area contributed by atoms with Crippen molar-refractivity contribution in [3.63, 3.8) is 0 Å². The van der Waals surface area contributed by atoms with E-state index in [-0.39, 0.29) is 33.2 Å². The summed E-state index contributed by atoms with van der Waals surface area (Å²) >= 11 is 6.19. The molecule has 6 unspecified atom stereocenters. The molecule has 4 saturated carbocycles. The number of aliphatic hydroxyl groups is 2. The molecule has 4 bridgehead atoms. The van der Waals surface area contributed by atoms with Crippen molar-refractivity contribution in [1.82, 2.24) is 29.9 Å². The van der Waals surface area contributed by atoms with Gasteiger partial charge in [-0.25, -0.2) is 14.9 Å². The first kappa shape index (κ1) is 30.3. The molecule has 1 aliphatic heterocycles. The number of aliphatic hydroxyl groups excluding tert-OH is 2. The number of urea groups is 1. The smallest absolute Gasteiger partial charge is 0.336 e. The van der Waals surface area contributed by atoms with E-state index >= 15 is 0 Å². The van der Waals surface area contributed by atoms with Crippen molar-refractivity contribution in [2.75, 3.05) is 17.8 Å². The molecule has 2 amide bonds. The van der Waals surface area contributed by atoms with Crippen LogP contribution in [0.1, 0.15) is 51.7 Å². The van der Waals surface area contributed by atoms with Gasteiger partial charge in [-0.05, 0) is 67.4 Å². The lowest BCUT2D eigenvalue weighted by molar-refractivity contribution is -0.0662. The number of carbonyl (C=O) groups is 1. The predicted octanol–water partition coefficient (Wildman–Crippen LogP) is 1.49. The topological polar surface area (TPSA) is 241 Å². The fraction of sp³-hybridized carbons (Fsp3) is 0.739. The van der Waals surface area contributed by atoms with Crippen molar-refractivity contribution < 1.29 is 43.6 Å². The van der Waals surface area contributed by atoms with Crippen molar-refractivity contribution in [3.8, 4) is 0 Å². The van der Waals surface area contributed by atoms with Crippen molar-refractivity contribution in [1.29, 1.82) is 0 Å². The highest BCUT2D eigenvalue weighted by Gasteiger charge is 2.56. The van der Waals surface area contributed by atoms with Crippen LogP contribution in [0.3, 0.4) is 0 Å².